The summed E-state index contributed by atoms with van der Waals surface area (Å²) in [7, 11) is -2.50. The van der Waals surface area contributed by atoms with E-state index in [0.717, 1.165) is 5.56 Å². The van der Waals surface area contributed by atoms with E-state index in [1.165, 1.54) is 15.6 Å². The minimum Gasteiger partial charge on any atom is -0.294 e. The van der Waals surface area contributed by atoms with Crippen LogP contribution >= 0.6 is 0 Å². The Labute approximate surface area is 188 Å². The van der Waals surface area contributed by atoms with Crippen molar-refractivity contribution in [1.29, 1.82) is 0 Å². The molecular weight excluding hydrogens is 408 g/mol. The Kier molecular flexibility index (Phi) is 5.26. The lowest BCUT2D eigenvalue weighted by atomic mass is 10.1. The molecule has 1 aliphatic carbocycles. The summed E-state index contributed by atoms with van der Waals surface area (Å²) in [5, 5.41) is 3.88. The van der Waals surface area contributed by atoms with Crippen molar-refractivity contribution in [2.24, 2.45) is 0 Å². The molecule has 5 rings (SSSR count). The van der Waals surface area contributed by atoms with Crippen LogP contribution in [-0.2, 0) is 0 Å². The summed E-state index contributed by atoms with van der Waals surface area (Å²) in [5.41, 5.74) is 4.37. The second-order valence-electron chi connectivity index (χ2n) is 8.07. The van der Waals surface area contributed by atoms with E-state index in [1.807, 2.05) is 30.3 Å². The minimum absolute atomic E-state index is 0.0146. The fraction of sp³-hybridized carbons (Fsp3) is 0.0345. The summed E-state index contributed by atoms with van der Waals surface area (Å²) in [4.78, 5) is 24.3. The van der Waals surface area contributed by atoms with Gasteiger partial charge in [-0.3, -0.25) is 9.59 Å². The van der Waals surface area contributed by atoms with Crippen LogP contribution in [0.3, 0.4) is 0 Å². The Bertz CT molecular complexity index is 1210. The molecule has 32 heavy (non-hydrogen) atoms. The lowest BCUT2D eigenvalue weighted by molar-refractivity contribution is 0.0923. The second kappa shape index (κ2) is 8.37. The van der Waals surface area contributed by atoms with Gasteiger partial charge in [0, 0.05) is 11.1 Å². The summed E-state index contributed by atoms with van der Waals surface area (Å²) in [6, 6.07) is 37.5. The highest BCUT2D eigenvalue weighted by molar-refractivity contribution is 7.15. The summed E-state index contributed by atoms with van der Waals surface area (Å²) < 4.78 is 0. The molecule has 4 aromatic rings. The first-order valence-electron chi connectivity index (χ1n) is 10.7. The molecule has 2 nitrogen and oxygen atoms in total. The van der Waals surface area contributed by atoms with Crippen molar-refractivity contribution in [2.75, 3.05) is 0 Å². The molecule has 0 heterocycles. The highest BCUT2D eigenvalue weighted by Crippen LogP contribution is 2.24. The van der Waals surface area contributed by atoms with Gasteiger partial charge in [0.25, 0.3) is 0 Å². The van der Waals surface area contributed by atoms with E-state index in [1.54, 1.807) is 6.07 Å². The third-order valence-electron chi connectivity index (χ3n) is 6.18. The van der Waals surface area contributed by atoms with Crippen LogP contribution in [0.25, 0.3) is 6.08 Å². The van der Waals surface area contributed by atoms with Gasteiger partial charge in [0.2, 0.25) is 0 Å². The van der Waals surface area contributed by atoms with Gasteiger partial charge in [-0.15, -0.1) is 0 Å². The monoisotopic (exact) mass is 430 g/mol. The number of hydrogen-bond acceptors (Lipinski definition) is 2. The molecule has 4 aromatic carbocycles. The van der Waals surface area contributed by atoms with Crippen molar-refractivity contribution in [3.8, 4) is 0 Å². The number of carbonyl (C=O) groups excluding carboxylic acids is 2. The van der Waals surface area contributed by atoms with Crippen molar-refractivity contribution in [3.63, 3.8) is 0 Å². The van der Waals surface area contributed by atoms with Gasteiger partial charge >= 0.3 is 0 Å². The van der Waals surface area contributed by atoms with Crippen molar-refractivity contribution in [1.82, 2.24) is 0 Å². The maximum atomic E-state index is 12.3. The lowest BCUT2D eigenvalue weighted by Gasteiger charge is -2.30. The van der Waals surface area contributed by atoms with Crippen LogP contribution in [0.4, 0.5) is 0 Å². The Morgan fingerprint density at radius 3 is 1.53 bits per heavy atom. The number of ketones is 2. The Balaban J connectivity index is 1.71. The summed E-state index contributed by atoms with van der Waals surface area (Å²) >= 11 is 0. The van der Waals surface area contributed by atoms with Gasteiger partial charge < -0.3 is 0 Å². The lowest BCUT2D eigenvalue weighted by Crippen LogP contribution is -2.66. The number of Topliss-reactive ketones (excluding diaryl/α,β-unsaturated/α-hetero) is 2. The number of carbonyl (C=O) groups is 2. The van der Waals surface area contributed by atoms with Crippen LogP contribution in [0.1, 0.15) is 32.7 Å². The molecule has 0 aromatic heterocycles. The molecule has 0 radical (unpaired) electrons. The normalized spacial score (nSPS) is 13.5. The van der Waals surface area contributed by atoms with E-state index in [4.69, 9.17) is 0 Å². The van der Waals surface area contributed by atoms with Crippen LogP contribution in [-0.4, -0.2) is 19.6 Å². The van der Waals surface area contributed by atoms with Crippen LogP contribution in [0.2, 0.25) is 0 Å². The standard InChI is InChI=1S/C29H22O2Si/c30-28-21-29(31)27-20-22(16-17-26(27)28)18-19-32(23-10-4-1-5-11-23,24-12-6-2-7-13-24)25-14-8-3-9-15-25/h1-20H,21H2. The highest BCUT2D eigenvalue weighted by Gasteiger charge is 2.36. The first-order valence-corrected chi connectivity index (χ1v) is 12.8. The molecule has 0 atom stereocenters. The van der Waals surface area contributed by atoms with Crippen molar-refractivity contribution < 1.29 is 9.59 Å². The summed E-state index contributed by atoms with van der Waals surface area (Å²) in [6.07, 6.45) is 2.11. The zero-order chi connectivity index (χ0) is 22.0. The van der Waals surface area contributed by atoms with Crippen molar-refractivity contribution >= 4 is 41.3 Å². The number of fused-ring (bicyclic) bond motifs is 1. The van der Waals surface area contributed by atoms with Gasteiger partial charge in [-0.1, -0.05) is 115 Å². The quantitative estimate of drug-likeness (QED) is 0.270. The van der Waals surface area contributed by atoms with E-state index in [9.17, 15) is 9.59 Å². The van der Waals surface area contributed by atoms with Crippen LogP contribution in [0, 0.1) is 0 Å². The SMILES string of the molecule is O=C1CC(=O)c2cc(C=C[Si](c3ccccc3)(c3ccccc3)c3ccccc3)ccc21. The molecule has 0 aliphatic heterocycles. The Morgan fingerprint density at radius 1 is 0.562 bits per heavy atom. The molecule has 0 amide bonds. The predicted molar refractivity (Wildman–Crippen MR) is 133 cm³/mol. The summed E-state index contributed by atoms with van der Waals surface area (Å²) in [5.74, 6) is -0.167. The van der Waals surface area contributed by atoms with Gasteiger partial charge in [-0.25, -0.2) is 0 Å². The second-order valence-corrected chi connectivity index (χ2v) is 11.7. The molecule has 0 bridgehead atoms. The molecule has 0 saturated heterocycles. The van der Waals surface area contributed by atoms with Crippen molar-refractivity contribution in [2.45, 2.75) is 6.42 Å². The minimum atomic E-state index is -2.50. The molecule has 3 heteroatoms. The fourth-order valence-corrected chi connectivity index (χ4v) is 8.76. The predicted octanol–water partition coefficient (Wildman–Crippen LogP) is 4.18. The maximum Gasteiger partial charge on any atom is 0.172 e. The molecule has 0 spiro atoms. The summed E-state index contributed by atoms with van der Waals surface area (Å²) in [6.45, 7) is 0. The van der Waals surface area contributed by atoms with Crippen LogP contribution in [0.5, 0.6) is 0 Å². The molecule has 1 aliphatic rings. The largest absolute Gasteiger partial charge is 0.294 e. The molecule has 154 valence electrons. The molecule has 0 fully saturated rings. The van der Waals surface area contributed by atoms with E-state index >= 15 is 0 Å². The van der Waals surface area contributed by atoms with Gasteiger partial charge in [-0.2, -0.15) is 0 Å². The van der Waals surface area contributed by atoms with E-state index in [-0.39, 0.29) is 18.0 Å². The number of hydrogen-bond donors (Lipinski definition) is 0. The van der Waals surface area contributed by atoms with Gasteiger partial charge in [0.15, 0.2) is 19.6 Å². The number of benzene rings is 4. The van der Waals surface area contributed by atoms with Gasteiger partial charge in [-0.05, 0) is 27.2 Å². The average Bonchev–Trinajstić information content (AvgIpc) is 3.14. The molecule has 0 unspecified atom stereocenters. The average molecular weight is 431 g/mol. The Hall–Kier alpha value is -3.82. The third-order valence-corrected chi connectivity index (χ3v) is 10.6. The highest BCUT2D eigenvalue weighted by atomic mass is 28.3. The third kappa shape index (κ3) is 3.47. The molecule has 0 N–H and O–H groups in total. The van der Waals surface area contributed by atoms with Crippen LogP contribution in [0.15, 0.2) is 115 Å². The molecule has 0 saturated carbocycles. The fourth-order valence-electron chi connectivity index (χ4n) is 4.59. The van der Waals surface area contributed by atoms with Crippen LogP contribution < -0.4 is 15.6 Å². The Morgan fingerprint density at radius 2 is 1.03 bits per heavy atom. The smallest absolute Gasteiger partial charge is 0.172 e. The number of rotatable bonds is 5. The van der Waals surface area contributed by atoms with E-state index < -0.39 is 8.07 Å². The van der Waals surface area contributed by atoms with Gasteiger partial charge in [0.05, 0.1) is 6.42 Å². The van der Waals surface area contributed by atoms with Gasteiger partial charge in [0.1, 0.15) is 0 Å². The van der Waals surface area contributed by atoms with Crippen molar-refractivity contribution in [3.05, 3.63) is 132 Å². The zero-order valence-corrected chi connectivity index (χ0v) is 18.6. The first kappa shape index (κ1) is 20.1. The molecular formula is C29H22O2Si. The zero-order valence-electron chi connectivity index (χ0n) is 17.6. The first-order chi connectivity index (χ1) is 15.7. The van der Waals surface area contributed by atoms with E-state index in [2.05, 4.69) is 84.6 Å². The maximum absolute atomic E-state index is 12.3. The topological polar surface area (TPSA) is 34.1 Å². The van der Waals surface area contributed by atoms with E-state index in [0.29, 0.717) is 11.1 Å².